The van der Waals surface area contributed by atoms with E-state index in [1.165, 1.54) is 24.1 Å². The first-order valence-corrected chi connectivity index (χ1v) is 5.50. The second-order valence-corrected chi connectivity index (χ2v) is 5.77. The molecule has 1 aliphatic heterocycles. The Labute approximate surface area is 84.8 Å². The summed E-state index contributed by atoms with van der Waals surface area (Å²) in [7, 11) is 0. The SMILES string of the molecule is CC12CCC(C3=C1NC(=O)C3)C2(C)C. The van der Waals surface area contributed by atoms with Crippen LogP contribution in [0.15, 0.2) is 11.3 Å². The van der Waals surface area contributed by atoms with Crippen molar-refractivity contribution in [3.05, 3.63) is 11.3 Å². The molecular weight excluding hydrogens is 174 g/mol. The minimum Gasteiger partial charge on any atom is -0.329 e. The van der Waals surface area contributed by atoms with Crippen LogP contribution in [0.5, 0.6) is 0 Å². The number of nitrogens with one attached hydrogen (secondary N) is 1. The average Bonchev–Trinajstić information content (AvgIpc) is 2.59. The van der Waals surface area contributed by atoms with Gasteiger partial charge in [-0.25, -0.2) is 0 Å². The molecule has 0 aromatic heterocycles. The number of hydrogen-bond acceptors (Lipinski definition) is 1. The second kappa shape index (κ2) is 2.07. The van der Waals surface area contributed by atoms with E-state index in [0.717, 1.165) is 0 Å². The predicted molar refractivity (Wildman–Crippen MR) is 54.4 cm³/mol. The van der Waals surface area contributed by atoms with Crippen molar-refractivity contribution in [1.29, 1.82) is 0 Å². The molecule has 0 spiro atoms. The van der Waals surface area contributed by atoms with E-state index in [4.69, 9.17) is 0 Å². The highest BCUT2D eigenvalue weighted by molar-refractivity contribution is 5.85. The third-order valence-corrected chi connectivity index (χ3v) is 5.14. The van der Waals surface area contributed by atoms with E-state index in [9.17, 15) is 4.79 Å². The first-order chi connectivity index (χ1) is 6.47. The molecule has 2 unspecified atom stereocenters. The molecule has 2 heteroatoms. The van der Waals surface area contributed by atoms with Crippen molar-refractivity contribution in [2.24, 2.45) is 16.7 Å². The van der Waals surface area contributed by atoms with Crippen LogP contribution in [0.4, 0.5) is 0 Å². The van der Waals surface area contributed by atoms with Crippen molar-refractivity contribution in [3.8, 4) is 0 Å². The topological polar surface area (TPSA) is 29.1 Å². The minimum absolute atomic E-state index is 0.212. The van der Waals surface area contributed by atoms with Gasteiger partial charge < -0.3 is 5.32 Å². The lowest BCUT2D eigenvalue weighted by Gasteiger charge is -2.37. The first kappa shape index (κ1) is 8.51. The number of hydrogen-bond donors (Lipinski definition) is 1. The van der Waals surface area contributed by atoms with E-state index < -0.39 is 0 Å². The third-order valence-electron chi connectivity index (χ3n) is 5.14. The maximum Gasteiger partial charge on any atom is 0.228 e. The number of rotatable bonds is 0. The number of carbonyl (C=O) groups is 1. The van der Waals surface area contributed by atoms with Crippen LogP contribution in [0.1, 0.15) is 40.0 Å². The lowest BCUT2D eigenvalue weighted by Crippen LogP contribution is -2.36. The Kier molecular flexibility index (Phi) is 1.26. The molecular formula is C12H17NO. The highest BCUT2D eigenvalue weighted by atomic mass is 16.1. The summed E-state index contributed by atoms with van der Waals surface area (Å²) in [4.78, 5) is 11.4. The van der Waals surface area contributed by atoms with E-state index in [2.05, 4.69) is 26.1 Å². The molecule has 0 aromatic rings. The van der Waals surface area contributed by atoms with Gasteiger partial charge in [0.05, 0.1) is 6.42 Å². The molecule has 0 saturated heterocycles. The summed E-state index contributed by atoms with van der Waals surface area (Å²) < 4.78 is 0. The van der Waals surface area contributed by atoms with Crippen LogP contribution < -0.4 is 5.32 Å². The van der Waals surface area contributed by atoms with Crippen molar-refractivity contribution in [2.75, 3.05) is 0 Å². The molecule has 76 valence electrons. The van der Waals surface area contributed by atoms with E-state index in [1.807, 2.05) is 0 Å². The van der Waals surface area contributed by atoms with Crippen LogP contribution in [-0.4, -0.2) is 5.91 Å². The molecule has 2 aliphatic carbocycles. The average molecular weight is 191 g/mol. The van der Waals surface area contributed by atoms with Crippen molar-refractivity contribution < 1.29 is 4.79 Å². The third kappa shape index (κ3) is 0.656. The summed E-state index contributed by atoms with van der Waals surface area (Å²) in [5.41, 5.74) is 3.29. The second-order valence-electron chi connectivity index (χ2n) is 5.77. The number of amides is 1. The fraction of sp³-hybridized carbons (Fsp3) is 0.750. The molecule has 1 amide bonds. The monoisotopic (exact) mass is 191 g/mol. The Morgan fingerprint density at radius 2 is 2.07 bits per heavy atom. The lowest BCUT2D eigenvalue weighted by atomic mass is 9.69. The quantitative estimate of drug-likeness (QED) is 0.625. The molecule has 2 nitrogen and oxygen atoms in total. The van der Waals surface area contributed by atoms with Crippen molar-refractivity contribution >= 4 is 5.91 Å². The van der Waals surface area contributed by atoms with Gasteiger partial charge in [-0.1, -0.05) is 20.8 Å². The van der Waals surface area contributed by atoms with Gasteiger partial charge in [0.2, 0.25) is 5.91 Å². The van der Waals surface area contributed by atoms with Gasteiger partial charge in [0.15, 0.2) is 0 Å². The van der Waals surface area contributed by atoms with Crippen LogP contribution in [0.2, 0.25) is 0 Å². The minimum atomic E-state index is 0.212. The molecule has 3 rings (SSSR count). The van der Waals surface area contributed by atoms with Gasteiger partial charge in [0, 0.05) is 11.1 Å². The van der Waals surface area contributed by atoms with Gasteiger partial charge in [-0.15, -0.1) is 0 Å². The Balaban J connectivity index is 2.14. The molecule has 0 radical (unpaired) electrons. The van der Waals surface area contributed by atoms with Crippen molar-refractivity contribution in [2.45, 2.75) is 40.0 Å². The van der Waals surface area contributed by atoms with E-state index in [0.29, 0.717) is 17.8 Å². The molecule has 1 saturated carbocycles. The number of carbonyl (C=O) groups excluding carboxylic acids is 1. The Morgan fingerprint density at radius 1 is 1.36 bits per heavy atom. The molecule has 1 N–H and O–H groups in total. The highest BCUT2D eigenvalue weighted by Gasteiger charge is 2.62. The molecule has 0 aromatic carbocycles. The molecule has 14 heavy (non-hydrogen) atoms. The van der Waals surface area contributed by atoms with Crippen LogP contribution in [-0.2, 0) is 4.79 Å². The zero-order valence-electron chi connectivity index (χ0n) is 9.11. The van der Waals surface area contributed by atoms with Crippen LogP contribution in [0.3, 0.4) is 0 Å². The zero-order valence-corrected chi connectivity index (χ0v) is 9.11. The Morgan fingerprint density at radius 3 is 2.71 bits per heavy atom. The zero-order chi connectivity index (χ0) is 10.1. The van der Waals surface area contributed by atoms with Gasteiger partial charge in [0.25, 0.3) is 0 Å². The normalized spacial score (nSPS) is 43.1. The molecule has 2 atom stereocenters. The smallest absolute Gasteiger partial charge is 0.228 e. The van der Waals surface area contributed by atoms with Crippen molar-refractivity contribution in [1.82, 2.24) is 5.32 Å². The lowest BCUT2D eigenvalue weighted by molar-refractivity contribution is -0.119. The van der Waals surface area contributed by atoms with Gasteiger partial charge in [-0.05, 0) is 29.7 Å². The summed E-state index contributed by atoms with van der Waals surface area (Å²) in [6.45, 7) is 7.03. The largest absolute Gasteiger partial charge is 0.329 e. The number of allylic oxidation sites excluding steroid dienone is 1. The van der Waals surface area contributed by atoms with E-state index >= 15 is 0 Å². The molecule has 3 aliphatic rings. The van der Waals surface area contributed by atoms with Gasteiger partial charge in [-0.3, -0.25) is 4.79 Å². The van der Waals surface area contributed by atoms with Crippen LogP contribution in [0, 0.1) is 16.7 Å². The molecule has 1 fully saturated rings. The van der Waals surface area contributed by atoms with Gasteiger partial charge >= 0.3 is 0 Å². The van der Waals surface area contributed by atoms with Crippen molar-refractivity contribution in [3.63, 3.8) is 0 Å². The van der Waals surface area contributed by atoms with Crippen LogP contribution >= 0.6 is 0 Å². The molecule has 2 bridgehead atoms. The Bertz CT molecular complexity index is 367. The molecule has 1 heterocycles. The first-order valence-electron chi connectivity index (χ1n) is 5.50. The Hall–Kier alpha value is -0.790. The van der Waals surface area contributed by atoms with Gasteiger partial charge in [0.1, 0.15) is 0 Å². The van der Waals surface area contributed by atoms with E-state index in [1.54, 1.807) is 0 Å². The summed E-state index contributed by atoms with van der Waals surface area (Å²) in [5.74, 6) is 0.866. The van der Waals surface area contributed by atoms with E-state index in [-0.39, 0.29) is 11.3 Å². The number of fused-ring (bicyclic) bond motifs is 4. The maximum atomic E-state index is 11.4. The summed E-state index contributed by atoms with van der Waals surface area (Å²) in [6.07, 6.45) is 3.18. The summed E-state index contributed by atoms with van der Waals surface area (Å²) in [5, 5.41) is 3.08. The maximum absolute atomic E-state index is 11.4. The fourth-order valence-electron chi connectivity index (χ4n) is 3.87. The fourth-order valence-corrected chi connectivity index (χ4v) is 3.87. The predicted octanol–water partition coefficient (Wildman–Crippen LogP) is 2.22. The summed E-state index contributed by atoms with van der Waals surface area (Å²) in [6, 6.07) is 0. The van der Waals surface area contributed by atoms with Gasteiger partial charge in [-0.2, -0.15) is 0 Å². The standard InChI is InChI=1S/C12H17NO/c1-11(2)8-4-5-12(11,3)10-7(8)6-9(14)13-10/h8H,4-6H2,1-3H3,(H,13,14). The summed E-state index contributed by atoms with van der Waals surface area (Å²) >= 11 is 0. The highest BCUT2D eigenvalue weighted by Crippen LogP contribution is 2.68. The van der Waals surface area contributed by atoms with Crippen LogP contribution in [0.25, 0.3) is 0 Å².